The summed E-state index contributed by atoms with van der Waals surface area (Å²) >= 11 is 0. The summed E-state index contributed by atoms with van der Waals surface area (Å²) in [4.78, 5) is 27.7. The second kappa shape index (κ2) is 5.39. The molecule has 21 heavy (non-hydrogen) atoms. The lowest BCUT2D eigenvalue weighted by atomic mass is 9.90. The molecule has 2 amide bonds. The second-order valence-corrected chi connectivity index (χ2v) is 5.94. The summed E-state index contributed by atoms with van der Waals surface area (Å²) in [6.07, 6.45) is 2.05. The summed E-state index contributed by atoms with van der Waals surface area (Å²) < 4.78 is 0. The van der Waals surface area contributed by atoms with Gasteiger partial charge in [-0.15, -0.1) is 0 Å². The number of likely N-dealkylation sites (tertiary alicyclic amines) is 1. The number of rotatable bonds is 1. The molecule has 1 N–H and O–H groups in total. The van der Waals surface area contributed by atoms with E-state index in [1.807, 2.05) is 29.2 Å². The third-order valence-corrected chi connectivity index (χ3v) is 4.56. The highest BCUT2D eigenvalue weighted by Gasteiger charge is 2.36. The van der Waals surface area contributed by atoms with E-state index in [9.17, 15) is 14.7 Å². The van der Waals surface area contributed by atoms with Crippen molar-refractivity contribution < 1.29 is 14.7 Å². The van der Waals surface area contributed by atoms with Crippen molar-refractivity contribution in [2.45, 2.75) is 38.3 Å². The maximum absolute atomic E-state index is 12.6. The number of aliphatic carboxylic acids is 1. The maximum atomic E-state index is 12.6. The van der Waals surface area contributed by atoms with Crippen LogP contribution in [0.4, 0.5) is 4.79 Å². The van der Waals surface area contributed by atoms with E-state index in [0.29, 0.717) is 6.54 Å². The number of hydrogen-bond acceptors (Lipinski definition) is 2. The van der Waals surface area contributed by atoms with Crippen LogP contribution in [0.2, 0.25) is 0 Å². The van der Waals surface area contributed by atoms with E-state index >= 15 is 0 Å². The van der Waals surface area contributed by atoms with Gasteiger partial charge in [0, 0.05) is 25.7 Å². The van der Waals surface area contributed by atoms with E-state index in [-0.39, 0.29) is 18.6 Å². The SMILES string of the molecule is CC1CCCN1C(=O)N1Cc2ccccc2C(C(=O)O)C1. The number of fused-ring (bicyclic) bond motifs is 1. The lowest BCUT2D eigenvalue weighted by Crippen LogP contribution is -2.48. The fourth-order valence-electron chi connectivity index (χ4n) is 3.36. The highest BCUT2D eigenvalue weighted by Crippen LogP contribution is 2.30. The van der Waals surface area contributed by atoms with Crippen molar-refractivity contribution in [2.75, 3.05) is 13.1 Å². The lowest BCUT2D eigenvalue weighted by Gasteiger charge is -2.36. The van der Waals surface area contributed by atoms with Crippen molar-refractivity contribution in [3.63, 3.8) is 0 Å². The number of amides is 2. The Hall–Kier alpha value is -2.04. The van der Waals surface area contributed by atoms with Gasteiger partial charge in [0.2, 0.25) is 0 Å². The van der Waals surface area contributed by atoms with E-state index in [1.54, 1.807) is 4.90 Å². The number of benzene rings is 1. The first-order valence-electron chi connectivity index (χ1n) is 7.44. The largest absolute Gasteiger partial charge is 0.481 e. The highest BCUT2D eigenvalue weighted by molar-refractivity contribution is 5.81. The number of carboxylic acid groups (broad SMARTS) is 1. The Kier molecular flexibility index (Phi) is 3.57. The molecule has 5 heteroatoms. The predicted octanol–water partition coefficient (Wildman–Crippen LogP) is 2.27. The van der Waals surface area contributed by atoms with E-state index in [1.165, 1.54) is 0 Å². The maximum Gasteiger partial charge on any atom is 0.320 e. The molecule has 0 bridgehead atoms. The first-order chi connectivity index (χ1) is 10.1. The molecule has 0 spiro atoms. The average Bonchev–Trinajstić information content (AvgIpc) is 2.91. The molecule has 112 valence electrons. The van der Waals surface area contributed by atoms with Crippen molar-refractivity contribution in [1.82, 2.24) is 9.80 Å². The topological polar surface area (TPSA) is 60.9 Å². The molecule has 5 nitrogen and oxygen atoms in total. The van der Waals surface area contributed by atoms with Gasteiger partial charge >= 0.3 is 12.0 Å². The summed E-state index contributed by atoms with van der Waals surface area (Å²) in [5.74, 6) is -1.49. The Morgan fingerprint density at radius 1 is 1.29 bits per heavy atom. The minimum atomic E-state index is -0.866. The Labute approximate surface area is 124 Å². The molecule has 1 saturated heterocycles. The fraction of sp³-hybridized carbons (Fsp3) is 0.500. The zero-order valence-electron chi connectivity index (χ0n) is 12.2. The van der Waals surface area contributed by atoms with Gasteiger partial charge in [-0.25, -0.2) is 4.79 Å². The van der Waals surface area contributed by atoms with E-state index in [0.717, 1.165) is 30.5 Å². The van der Waals surface area contributed by atoms with Gasteiger partial charge in [0.1, 0.15) is 0 Å². The van der Waals surface area contributed by atoms with E-state index in [2.05, 4.69) is 6.92 Å². The fourth-order valence-corrected chi connectivity index (χ4v) is 3.36. The van der Waals surface area contributed by atoms with E-state index < -0.39 is 11.9 Å². The molecule has 2 aliphatic rings. The average molecular weight is 288 g/mol. The minimum Gasteiger partial charge on any atom is -0.481 e. The zero-order chi connectivity index (χ0) is 15.0. The Morgan fingerprint density at radius 3 is 2.71 bits per heavy atom. The summed E-state index contributed by atoms with van der Waals surface area (Å²) in [6.45, 7) is 3.59. The first-order valence-corrected chi connectivity index (χ1v) is 7.44. The van der Waals surface area contributed by atoms with Crippen LogP contribution >= 0.6 is 0 Å². The third-order valence-electron chi connectivity index (χ3n) is 4.56. The van der Waals surface area contributed by atoms with Crippen LogP contribution in [0.1, 0.15) is 36.8 Å². The molecule has 0 aliphatic carbocycles. The quantitative estimate of drug-likeness (QED) is 0.862. The van der Waals surface area contributed by atoms with Crippen molar-refractivity contribution in [1.29, 1.82) is 0 Å². The first kappa shape index (κ1) is 13.9. The molecule has 1 aromatic rings. The zero-order valence-corrected chi connectivity index (χ0v) is 12.2. The number of urea groups is 1. The van der Waals surface area contributed by atoms with Crippen molar-refractivity contribution in [2.24, 2.45) is 0 Å². The monoisotopic (exact) mass is 288 g/mol. The number of carbonyl (C=O) groups is 2. The molecule has 1 fully saturated rings. The van der Waals surface area contributed by atoms with Gasteiger partial charge < -0.3 is 14.9 Å². The number of hydrogen-bond donors (Lipinski definition) is 1. The molecule has 2 unspecified atom stereocenters. The van der Waals surface area contributed by atoms with Gasteiger partial charge in [-0.05, 0) is 30.9 Å². The highest BCUT2D eigenvalue weighted by atomic mass is 16.4. The van der Waals surface area contributed by atoms with Crippen LogP contribution in [0.3, 0.4) is 0 Å². The van der Waals surface area contributed by atoms with Gasteiger partial charge in [-0.3, -0.25) is 4.79 Å². The Bertz CT molecular complexity index is 572. The molecular weight excluding hydrogens is 268 g/mol. The minimum absolute atomic E-state index is 0.0271. The molecule has 0 saturated carbocycles. The van der Waals surface area contributed by atoms with Crippen LogP contribution in [0.25, 0.3) is 0 Å². The van der Waals surface area contributed by atoms with Crippen LogP contribution in [-0.4, -0.2) is 46.0 Å². The molecule has 2 atom stereocenters. The standard InChI is InChI=1S/C16H20N2O3/c1-11-5-4-8-18(11)16(21)17-9-12-6-2-3-7-13(12)14(10-17)15(19)20/h2-3,6-7,11,14H,4-5,8-10H2,1H3,(H,19,20). The van der Waals surface area contributed by atoms with Crippen molar-refractivity contribution in [3.8, 4) is 0 Å². The third kappa shape index (κ3) is 2.48. The van der Waals surface area contributed by atoms with Gasteiger partial charge in [-0.1, -0.05) is 24.3 Å². The summed E-state index contributed by atoms with van der Waals surface area (Å²) in [6, 6.07) is 7.74. The van der Waals surface area contributed by atoms with Crippen LogP contribution in [0, 0.1) is 0 Å². The predicted molar refractivity (Wildman–Crippen MR) is 78.0 cm³/mol. The van der Waals surface area contributed by atoms with Crippen molar-refractivity contribution in [3.05, 3.63) is 35.4 Å². The van der Waals surface area contributed by atoms with Gasteiger partial charge in [0.15, 0.2) is 0 Å². The normalized spacial score (nSPS) is 24.8. The second-order valence-electron chi connectivity index (χ2n) is 5.94. The number of carboxylic acids is 1. The molecular formula is C16H20N2O3. The molecule has 3 rings (SSSR count). The lowest BCUT2D eigenvalue weighted by molar-refractivity contribution is -0.139. The van der Waals surface area contributed by atoms with E-state index in [4.69, 9.17) is 0 Å². The van der Waals surface area contributed by atoms with Crippen LogP contribution in [0.5, 0.6) is 0 Å². The smallest absolute Gasteiger partial charge is 0.320 e. The molecule has 2 heterocycles. The molecule has 2 aliphatic heterocycles. The van der Waals surface area contributed by atoms with Crippen molar-refractivity contribution >= 4 is 12.0 Å². The molecule has 0 aromatic heterocycles. The van der Waals surface area contributed by atoms with Gasteiger partial charge in [0.25, 0.3) is 0 Å². The van der Waals surface area contributed by atoms with Gasteiger partial charge in [0.05, 0.1) is 5.92 Å². The van der Waals surface area contributed by atoms with Gasteiger partial charge in [-0.2, -0.15) is 0 Å². The summed E-state index contributed by atoms with van der Waals surface area (Å²) in [5.41, 5.74) is 1.78. The molecule has 1 aromatic carbocycles. The van der Waals surface area contributed by atoms with Crippen LogP contribution in [-0.2, 0) is 11.3 Å². The summed E-state index contributed by atoms with van der Waals surface area (Å²) in [7, 11) is 0. The number of nitrogens with zero attached hydrogens (tertiary/aromatic N) is 2. The molecule has 0 radical (unpaired) electrons. The Balaban J connectivity index is 1.86. The Morgan fingerprint density at radius 2 is 2.05 bits per heavy atom. The number of carbonyl (C=O) groups excluding carboxylic acids is 1. The summed E-state index contributed by atoms with van der Waals surface area (Å²) in [5, 5.41) is 9.45. The van der Waals surface area contributed by atoms with Crippen LogP contribution in [0.15, 0.2) is 24.3 Å². The van der Waals surface area contributed by atoms with Crippen LogP contribution < -0.4 is 0 Å².